The second-order valence-corrected chi connectivity index (χ2v) is 6.22. The molecule has 1 aromatic carbocycles. The zero-order valence-electron chi connectivity index (χ0n) is 15.0. The van der Waals surface area contributed by atoms with Gasteiger partial charge in [-0.1, -0.05) is 0 Å². The van der Waals surface area contributed by atoms with Gasteiger partial charge in [-0.15, -0.1) is 0 Å². The first kappa shape index (κ1) is 18.6. The van der Waals surface area contributed by atoms with E-state index in [1.54, 1.807) is 30.0 Å². The highest BCUT2D eigenvalue weighted by Crippen LogP contribution is 2.11. The van der Waals surface area contributed by atoms with Gasteiger partial charge in [0.05, 0.1) is 13.2 Å². The van der Waals surface area contributed by atoms with Gasteiger partial charge in [0.1, 0.15) is 6.54 Å². The van der Waals surface area contributed by atoms with Crippen molar-refractivity contribution >= 4 is 23.4 Å². The number of amides is 3. The van der Waals surface area contributed by atoms with Crippen LogP contribution in [0, 0.1) is 6.92 Å². The first-order valence-corrected chi connectivity index (χ1v) is 8.55. The van der Waals surface area contributed by atoms with E-state index in [9.17, 15) is 14.4 Å². The standard InChI is InChI=1S/C18H21N5O4/c1-12-10-15(18(26)22-6-8-27-9-7-22)21-23(12)11-16(24)20-14-4-2-13(3-5-14)17(19)25/h2-5,10H,6-9,11H2,1H3,(H2,19,25)(H,20,24). The molecular weight excluding hydrogens is 350 g/mol. The van der Waals surface area contributed by atoms with Gasteiger partial charge in [0.2, 0.25) is 11.8 Å². The van der Waals surface area contributed by atoms with E-state index in [4.69, 9.17) is 10.5 Å². The third kappa shape index (κ3) is 4.50. The van der Waals surface area contributed by atoms with Gasteiger partial charge in [-0.05, 0) is 37.3 Å². The zero-order valence-corrected chi connectivity index (χ0v) is 15.0. The fourth-order valence-corrected chi connectivity index (χ4v) is 2.76. The van der Waals surface area contributed by atoms with Gasteiger partial charge in [-0.3, -0.25) is 19.1 Å². The lowest BCUT2D eigenvalue weighted by Gasteiger charge is -2.25. The SMILES string of the molecule is Cc1cc(C(=O)N2CCOCC2)nn1CC(=O)Nc1ccc(C(N)=O)cc1. The Morgan fingerprint density at radius 2 is 1.85 bits per heavy atom. The van der Waals surface area contributed by atoms with Crippen LogP contribution in [0.25, 0.3) is 0 Å². The molecule has 3 N–H and O–H groups in total. The van der Waals surface area contributed by atoms with Gasteiger partial charge in [0.25, 0.3) is 5.91 Å². The number of aromatic nitrogens is 2. The molecule has 9 nitrogen and oxygen atoms in total. The van der Waals surface area contributed by atoms with Crippen LogP contribution < -0.4 is 11.1 Å². The molecule has 3 rings (SSSR count). The predicted octanol–water partition coefficient (Wildman–Crippen LogP) is 0.402. The molecule has 1 aliphatic rings. The van der Waals surface area contributed by atoms with E-state index < -0.39 is 5.91 Å². The molecular formula is C18H21N5O4. The molecule has 9 heteroatoms. The summed E-state index contributed by atoms with van der Waals surface area (Å²) in [5.74, 6) is -0.987. The number of benzene rings is 1. The number of aryl methyl sites for hydroxylation is 1. The molecule has 0 radical (unpaired) electrons. The van der Waals surface area contributed by atoms with Crippen LogP contribution in [0.4, 0.5) is 5.69 Å². The second kappa shape index (κ2) is 8.00. The van der Waals surface area contributed by atoms with Gasteiger partial charge < -0.3 is 20.7 Å². The Labute approximate surface area is 156 Å². The molecule has 1 saturated heterocycles. The lowest BCUT2D eigenvalue weighted by atomic mass is 10.2. The third-order valence-corrected chi connectivity index (χ3v) is 4.25. The predicted molar refractivity (Wildman–Crippen MR) is 97.3 cm³/mol. The van der Waals surface area contributed by atoms with Crippen molar-refractivity contribution in [3.63, 3.8) is 0 Å². The average Bonchev–Trinajstić information content (AvgIpc) is 3.02. The summed E-state index contributed by atoms with van der Waals surface area (Å²) in [5.41, 5.74) is 7.12. The van der Waals surface area contributed by atoms with E-state index in [0.717, 1.165) is 0 Å². The summed E-state index contributed by atoms with van der Waals surface area (Å²) in [5, 5.41) is 6.99. The Hall–Kier alpha value is -3.20. The fourth-order valence-electron chi connectivity index (χ4n) is 2.76. The van der Waals surface area contributed by atoms with Crippen molar-refractivity contribution < 1.29 is 19.1 Å². The number of nitrogens with zero attached hydrogens (tertiary/aromatic N) is 3. The number of ether oxygens (including phenoxy) is 1. The Morgan fingerprint density at radius 1 is 1.19 bits per heavy atom. The van der Waals surface area contributed by atoms with E-state index in [0.29, 0.717) is 48.9 Å². The minimum atomic E-state index is -0.530. The number of hydrogen-bond donors (Lipinski definition) is 2. The van der Waals surface area contributed by atoms with Crippen molar-refractivity contribution in [3.05, 3.63) is 47.3 Å². The minimum Gasteiger partial charge on any atom is -0.378 e. The third-order valence-electron chi connectivity index (χ3n) is 4.25. The summed E-state index contributed by atoms with van der Waals surface area (Å²) in [6.07, 6.45) is 0. The first-order valence-electron chi connectivity index (χ1n) is 8.55. The average molecular weight is 371 g/mol. The van der Waals surface area contributed by atoms with Crippen LogP contribution in [0.2, 0.25) is 0 Å². The summed E-state index contributed by atoms with van der Waals surface area (Å²) in [4.78, 5) is 37.5. The maximum atomic E-state index is 12.5. The highest BCUT2D eigenvalue weighted by atomic mass is 16.5. The number of anilines is 1. The number of hydrogen-bond acceptors (Lipinski definition) is 5. The molecule has 2 aromatic rings. The monoisotopic (exact) mass is 371 g/mol. The zero-order chi connectivity index (χ0) is 19.4. The molecule has 2 heterocycles. The van der Waals surface area contributed by atoms with Crippen LogP contribution in [-0.2, 0) is 16.1 Å². The molecule has 3 amide bonds. The van der Waals surface area contributed by atoms with Crippen molar-refractivity contribution in [2.45, 2.75) is 13.5 Å². The smallest absolute Gasteiger partial charge is 0.274 e. The molecule has 142 valence electrons. The second-order valence-electron chi connectivity index (χ2n) is 6.22. The first-order chi connectivity index (χ1) is 12.9. The van der Waals surface area contributed by atoms with Gasteiger partial charge in [-0.2, -0.15) is 5.10 Å². The molecule has 0 atom stereocenters. The van der Waals surface area contributed by atoms with Crippen LogP contribution >= 0.6 is 0 Å². The van der Waals surface area contributed by atoms with Gasteiger partial charge in [0, 0.05) is 30.0 Å². The van der Waals surface area contributed by atoms with Crippen molar-refractivity contribution in [3.8, 4) is 0 Å². The highest BCUT2D eigenvalue weighted by Gasteiger charge is 2.22. The molecule has 0 aliphatic carbocycles. The molecule has 1 aromatic heterocycles. The number of rotatable bonds is 5. The van der Waals surface area contributed by atoms with Crippen LogP contribution in [0.5, 0.6) is 0 Å². The van der Waals surface area contributed by atoms with Crippen molar-refractivity contribution in [1.29, 1.82) is 0 Å². The van der Waals surface area contributed by atoms with Crippen LogP contribution in [-0.4, -0.2) is 58.7 Å². The quantitative estimate of drug-likeness (QED) is 0.788. The molecule has 0 spiro atoms. The lowest BCUT2D eigenvalue weighted by Crippen LogP contribution is -2.40. The Bertz CT molecular complexity index is 853. The summed E-state index contributed by atoms with van der Waals surface area (Å²) >= 11 is 0. The summed E-state index contributed by atoms with van der Waals surface area (Å²) < 4.78 is 6.73. The largest absolute Gasteiger partial charge is 0.378 e. The number of nitrogens with two attached hydrogens (primary N) is 1. The van der Waals surface area contributed by atoms with Crippen LogP contribution in [0.3, 0.4) is 0 Å². The number of nitrogens with one attached hydrogen (secondary N) is 1. The number of carbonyl (C=O) groups excluding carboxylic acids is 3. The van der Waals surface area contributed by atoms with E-state index in [2.05, 4.69) is 10.4 Å². The van der Waals surface area contributed by atoms with E-state index in [1.807, 2.05) is 0 Å². The Morgan fingerprint density at radius 3 is 2.48 bits per heavy atom. The number of primary amides is 1. The molecule has 0 saturated carbocycles. The number of carbonyl (C=O) groups is 3. The maximum absolute atomic E-state index is 12.5. The Balaban J connectivity index is 1.63. The fraction of sp³-hybridized carbons (Fsp3) is 0.333. The summed E-state index contributed by atoms with van der Waals surface area (Å²) in [6.45, 7) is 3.86. The molecule has 1 fully saturated rings. The van der Waals surface area contributed by atoms with Crippen LogP contribution in [0.15, 0.2) is 30.3 Å². The van der Waals surface area contributed by atoms with E-state index in [-0.39, 0.29) is 18.4 Å². The minimum absolute atomic E-state index is 0.0280. The maximum Gasteiger partial charge on any atom is 0.274 e. The normalized spacial score (nSPS) is 14.0. The summed E-state index contributed by atoms with van der Waals surface area (Å²) in [7, 11) is 0. The van der Waals surface area contributed by atoms with Gasteiger partial charge >= 0.3 is 0 Å². The topological polar surface area (TPSA) is 120 Å². The van der Waals surface area contributed by atoms with Gasteiger partial charge in [-0.25, -0.2) is 0 Å². The van der Waals surface area contributed by atoms with E-state index >= 15 is 0 Å². The van der Waals surface area contributed by atoms with E-state index in [1.165, 1.54) is 16.8 Å². The molecule has 1 aliphatic heterocycles. The van der Waals surface area contributed by atoms with Crippen molar-refractivity contribution in [2.24, 2.45) is 5.73 Å². The molecule has 0 bridgehead atoms. The van der Waals surface area contributed by atoms with Gasteiger partial charge in [0.15, 0.2) is 5.69 Å². The van der Waals surface area contributed by atoms with Crippen molar-refractivity contribution in [1.82, 2.24) is 14.7 Å². The van der Waals surface area contributed by atoms with Crippen molar-refractivity contribution in [2.75, 3.05) is 31.6 Å². The molecule has 27 heavy (non-hydrogen) atoms. The number of morpholine rings is 1. The lowest BCUT2D eigenvalue weighted by molar-refractivity contribution is -0.116. The molecule has 0 unspecified atom stereocenters. The Kier molecular flexibility index (Phi) is 5.51. The van der Waals surface area contributed by atoms with Crippen LogP contribution in [0.1, 0.15) is 26.5 Å². The summed E-state index contributed by atoms with van der Waals surface area (Å²) in [6, 6.07) is 7.95. The highest BCUT2D eigenvalue weighted by molar-refractivity contribution is 5.95.